The van der Waals surface area contributed by atoms with Crippen molar-refractivity contribution >= 4 is 28.9 Å². The molecule has 5 nitrogen and oxygen atoms in total. The van der Waals surface area contributed by atoms with E-state index < -0.39 is 6.03 Å². The molecule has 3 rings (SSSR count). The van der Waals surface area contributed by atoms with Crippen LogP contribution in [0.3, 0.4) is 0 Å². The van der Waals surface area contributed by atoms with Crippen molar-refractivity contribution in [3.05, 3.63) is 48.0 Å². The van der Waals surface area contributed by atoms with E-state index in [1.165, 1.54) is 6.21 Å². The Morgan fingerprint density at radius 1 is 1.11 bits per heavy atom. The summed E-state index contributed by atoms with van der Waals surface area (Å²) in [5, 5.41) is 9.33. The molecule has 1 fully saturated rings. The van der Waals surface area contributed by atoms with Crippen molar-refractivity contribution in [3.63, 3.8) is 0 Å². The number of hydrazone groups is 1. The molecule has 1 N–H and O–H groups in total. The molecule has 0 radical (unpaired) electrons. The average Bonchev–Trinajstić information content (AvgIpc) is 2.76. The molecule has 0 saturated carbocycles. The second kappa shape index (κ2) is 4.53. The van der Waals surface area contributed by atoms with E-state index in [2.05, 4.69) is 10.4 Å². The Kier molecular flexibility index (Phi) is 2.72. The van der Waals surface area contributed by atoms with Gasteiger partial charge in [0.25, 0.3) is 5.91 Å². The third-order valence-electron chi connectivity index (χ3n) is 2.96. The SMILES string of the molecule is O=C1CNC(=O)N1/N=C/c1cccc2ccccc12. The predicted molar refractivity (Wildman–Crippen MR) is 71.8 cm³/mol. The minimum absolute atomic E-state index is 0.00567. The van der Waals surface area contributed by atoms with Gasteiger partial charge in [-0.05, 0) is 10.8 Å². The standard InChI is InChI=1S/C14H11N3O2/c18-13-9-15-14(19)17(13)16-8-11-6-3-5-10-4-1-2-7-12(10)11/h1-8H,9H2,(H,15,19)/b16-8+. The number of nitrogens with zero attached hydrogens (tertiary/aromatic N) is 2. The Hall–Kier alpha value is -2.69. The van der Waals surface area contributed by atoms with E-state index in [1.54, 1.807) is 0 Å². The van der Waals surface area contributed by atoms with Crippen LogP contribution in [0.1, 0.15) is 5.56 Å². The van der Waals surface area contributed by atoms with Crippen LogP contribution in [-0.4, -0.2) is 29.7 Å². The number of rotatable bonds is 2. The highest BCUT2D eigenvalue weighted by molar-refractivity contribution is 6.04. The number of hydrogen-bond donors (Lipinski definition) is 1. The number of nitrogens with one attached hydrogen (secondary N) is 1. The summed E-state index contributed by atoms with van der Waals surface area (Å²) < 4.78 is 0. The molecule has 0 atom stereocenters. The zero-order valence-electron chi connectivity index (χ0n) is 10.0. The van der Waals surface area contributed by atoms with Gasteiger partial charge in [0, 0.05) is 5.56 Å². The van der Waals surface area contributed by atoms with Gasteiger partial charge in [0.2, 0.25) is 0 Å². The number of urea groups is 1. The fourth-order valence-corrected chi connectivity index (χ4v) is 2.01. The van der Waals surface area contributed by atoms with Crippen LogP contribution in [0.15, 0.2) is 47.6 Å². The van der Waals surface area contributed by atoms with Crippen LogP contribution >= 0.6 is 0 Å². The number of fused-ring (bicyclic) bond motifs is 1. The van der Waals surface area contributed by atoms with E-state index in [4.69, 9.17) is 0 Å². The van der Waals surface area contributed by atoms with E-state index in [0.29, 0.717) is 0 Å². The molecule has 19 heavy (non-hydrogen) atoms. The summed E-state index contributed by atoms with van der Waals surface area (Å²) in [7, 11) is 0. The van der Waals surface area contributed by atoms with Crippen molar-refractivity contribution in [1.29, 1.82) is 0 Å². The quantitative estimate of drug-likeness (QED) is 0.654. The van der Waals surface area contributed by atoms with Gasteiger partial charge in [0.15, 0.2) is 0 Å². The summed E-state index contributed by atoms with van der Waals surface area (Å²) in [6.07, 6.45) is 1.53. The van der Waals surface area contributed by atoms with Crippen molar-refractivity contribution in [2.45, 2.75) is 0 Å². The molecule has 2 aromatic carbocycles. The Morgan fingerprint density at radius 3 is 2.68 bits per heavy atom. The van der Waals surface area contributed by atoms with Gasteiger partial charge in [-0.15, -0.1) is 5.01 Å². The summed E-state index contributed by atoms with van der Waals surface area (Å²) >= 11 is 0. The number of amides is 3. The van der Waals surface area contributed by atoms with Gasteiger partial charge in [0.1, 0.15) is 6.54 Å². The van der Waals surface area contributed by atoms with Gasteiger partial charge >= 0.3 is 6.03 Å². The summed E-state index contributed by atoms with van der Waals surface area (Å²) in [4.78, 5) is 22.7. The van der Waals surface area contributed by atoms with Crippen molar-refractivity contribution in [2.75, 3.05) is 6.54 Å². The zero-order chi connectivity index (χ0) is 13.2. The van der Waals surface area contributed by atoms with Crippen molar-refractivity contribution < 1.29 is 9.59 Å². The first kappa shape index (κ1) is 11.4. The maximum Gasteiger partial charge on any atom is 0.345 e. The van der Waals surface area contributed by atoms with Crippen molar-refractivity contribution in [2.24, 2.45) is 5.10 Å². The summed E-state index contributed by atoms with van der Waals surface area (Å²) in [6.45, 7) is 0.00567. The molecule has 2 aromatic rings. The minimum Gasteiger partial charge on any atom is -0.327 e. The highest BCUT2D eigenvalue weighted by Crippen LogP contribution is 2.17. The third kappa shape index (κ3) is 2.06. The maximum absolute atomic E-state index is 11.4. The van der Waals surface area contributed by atoms with Crippen LogP contribution in [0, 0.1) is 0 Å². The largest absolute Gasteiger partial charge is 0.345 e. The van der Waals surface area contributed by atoms with Crippen LogP contribution in [0.2, 0.25) is 0 Å². The van der Waals surface area contributed by atoms with Gasteiger partial charge < -0.3 is 5.32 Å². The molecular formula is C14H11N3O2. The fraction of sp³-hybridized carbons (Fsp3) is 0.0714. The molecule has 0 unspecified atom stereocenters. The Labute approximate surface area is 109 Å². The second-order valence-corrected chi connectivity index (χ2v) is 4.18. The van der Waals surface area contributed by atoms with E-state index in [-0.39, 0.29) is 12.5 Å². The monoisotopic (exact) mass is 253 g/mol. The molecular weight excluding hydrogens is 242 g/mol. The zero-order valence-corrected chi connectivity index (χ0v) is 10.0. The lowest BCUT2D eigenvalue weighted by molar-refractivity contribution is -0.124. The van der Waals surface area contributed by atoms with Gasteiger partial charge in [-0.2, -0.15) is 5.10 Å². The van der Waals surface area contributed by atoms with Gasteiger partial charge in [-0.25, -0.2) is 4.79 Å². The molecule has 0 aliphatic carbocycles. The lowest BCUT2D eigenvalue weighted by Crippen LogP contribution is -2.25. The fourth-order valence-electron chi connectivity index (χ4n) is 2.01. The minimum atomic E-state index is -0.485. The summed E-state index contributed by atoms with van der Waals surface area (Å²) in [5.74, 6) is -0.346. The Balaban J connectivity index is 1.97. The number of carbonyl (C=O) groups is 2. The Bertz CT molecular complexity index is 673. The van der Waals surface area contributed by atoms with Crippen molar-refractivity contribution in [1.82, 2.24) is 10.3 Å². The first-order valence-electron chi connectivity index (χ1n) is 5.88. The van der Waals surface area contributed by atoms with Crippen molar-refractivity contribution in [3.8, 4) is 0 Å². The highest BCUT2D eigenvalue weighted by Gasteiger charge is 2.27. The third-order valence-corrected chi connectivity index (χ3v) is 2.96. The summed E-state index contributed by atoms with van der Waals surface area (Å²) in [6, 6.07) is 13.2. The highest BCUT2D eigenvalue weighted by atomic mass is 16.2. The topological polar surface area (TPSA) is 61.8 Å². The molecule has 3 amide bonds. The lowest BCUT2D eigenvalue weighted by atomic mass is 10.1. The molecule has 1 saturated heterocycles. The maximum atomic E-state index is 11.4. The molecule has 0 spiro atoms. The molecule has 0 aromatic heterocycles. The van der Waals surface area contributed by atoms with Crippen LogP contribution in [0.4, 0.5) is 4.79 Å². The summed E-state index contributed by atoms with van der Waals surface area (Å²) in [5.41, 5.74) is 0.866. The van der Waals surface area contributed by atoms with Gasteiger partial charge in [0.05, 0.1) is 6.21 Å². The first-order chi connectivity index (χ1) is 9.25. The smallest absolute Gasteiger partial charge is 0.327 e. The van der Waals surface area contributed by atoms with E-state index >= 15 is 0 Å². The first-order valence-corrected chi connectivity index (χ1v) is 5.88. The van der Waals surface area contributed by atoms with Crippen LogP contribution in [0.25, 0.3) is 10.8 Å². The van der Waals surface area contributed by atoms with E-state index in [9.17, 15) is 9.59 Å². The second-order valence-electron chi connectivity index (χ2n) is 4.18. The average molecular weight is 253 g/mol. The molecule has 1 heterocycles. The molecule has 1 aliphatic rings. The number of carbonyl (C=O) groups excluding carboxylic acids is 2. The van der Waals surface area contributed by atoms with E-state index in [0.717, 1.165) is 21.3 Å². The van der Waals surface area contributed by atoms with Crippen LogP contribution < -0.4 is 5.32 Å². The molecule has 5 heteroatoms. The van der Waals surface area contributed by atoms with Crippen LogP contribution in [-0.2, 0) is 4.79 Å². The molecule has 94 valence electrons. The van der Waals surface area contributed by atoms with Crippen LogP contribution in [0.5, 0.6) is 0 Å². The number of hydrogen-bond acceptors (Lipinski definition) is 3. The normalized spacial score (nSPS) is 15.5. The predicted octanol–water partition coefficient (Wildman–Crippen LogP) is 1.73. The van der Waals surface area contributed by atoms with Gasteiger partial charge in [-0.1, -0.05) is 42.5 Å². The number of benzene rings is 2. The lowest BCUT2D eigenvalue weighted by Gasteiger charge is -2.05. The van der Waals surface area contributed by atoms with Gasteiger partial charge in [-0.3, -0.25) is 4.79 Å². The molecule has 1 aliphatic heterocycles. The molecule has 0 bridgehead atoms. The Morgan fingerprint density at radius 2 is 1.89 bits per heavy atom. The number of imide groups is 1. The van der Waals surface area contributed by atoms with E-state index in [1.807, 2.05) is 42.5 Å².